The minimum atomic E-state index is -0.102. The van der Waals surface area contributed by atoms with Gasteiger partial charge in [-0.15, -0.1) is 24.0 Å². The zero-order chi connectivity index (χ0) is 18.1. The van der Waals surface area contributed by atoms with Crippen molar-refractivity contribution in [2.75, 3.05) is 19.0 Å². The van der Waals surface area contributed by atoms with Crippen LogP contribution in [0.4, 0.5) is 5.69 Å². The maximum Gasteiger partial charge on any atom is 0.193 e. The van der Waals surface area contributed by atoms with Crippen molar-refractivity contribution in [2.24, 2.45) is 10.7 Å². The predicted octanol–water partition coefficient (Wildman–Crippen LogP) is 4.69. The summed E-state index contributed by atoms with van der Waals surface area (Å²) in [5.74, 6) is 0.993. The molecular weight excluding hydrogens is 465 g/mol. The number of ether oxygens (including phenoxy) is 2. The number of benzene rings is 2. The summed E-state index contributed by atoms with van der Waals surface area (Å²) < 4.78 is 11.1. The first-order valence-corrected chi connectivity index (χ1v) is 8.56. The number of guanidine groups is 1. The first kappa shape index (κ1) is 22.5. The molecule has 0 saturated heterocycles. The predicted molar refractivity (Wildman–Crippen MR) is 119 cm³/mol. The van der Waals surface area contributed by atoms with E-state index in [0.29, 0.717) is 29.9 Å². The van der Waals surface area contributed by atoms with E-state index in [1.54, 1.807) is 13.2 Å². The lowest BCUT2D eigenvalue weighted by Crippen LogP contribution is -2.27. The Bertz CT molecular complexity index is 713. The first-order valence-electron chi connectivity index (χ1n) is 8.19. The molecule has 0 aromatic heterocycles. The van der Waals surface area contributed by atoms with Gasteiger partial charge < -0.3 is 20.5 Å². The Hall–Kier alpha value is -1.51. The van der Waals surface area contributed by atoms with Crippen LogP contribution in [0.3, 0.4) is 0 Å². The molecule has 0 bridgehead atoms. The summed E-state index contributed by atoms with van der Waals surface area (Å²) in [6.45, 7) is 2.98. The summed E-state index contributed by atoms with van der Waals surface area (Å²) in [6.07, 6.45) is 0.692. The third-order valence-corrected chi connectivity index (χ3v) is 3.94. The second-order valence-corrected chi connectivity index (χ2v) is 5.93. The van der Waals surface area contributed by atoms with E-state index in [2.05, 4.69) is 10.3 Å². The lowest BCUT2D eigenvalue weighted by Gasteiger charge is -2.17. The molecule has 1 unspecified atom stereocenters. The summed E-state index contributed by atoms with van der Waals surface area (Å²) in [5.41, 5.74) is 7.91. The van der Waals surface area contributed by atoms with Gasteiger partial charge in [0.15, 0.2) is 5.96 Å². The number of nitrogens with zero attached hydrogens (tertiary/aromatic N) is 1. The minimum Gasteiger partial charge on any atom is -0.487 e. The van der Waals surface area contributed by atoms with Crippen LogP contribution < -0.4 is 15.8 Å². The number of para-hydroxylation sites is 2. The van der Waals surface area contributed by atoms with E-state index in [-0.39, 0.29) is 30.1 Å². The van der Waals surface area contributed by atoms with Crippen LogP contribution in [0.1, 0.15) is 18.9 Å². The van der Waals surface area contributed by atoms with Crippen LogP contribution >= 0.6 is 35.6 Å². The zero-order valence-corrected chi connectivity index (χ0v) is 18.0. The van der Waals surface area contributed by atoms with Gasteiger partial charge in [-0.05, 0) is 24.6 Å². The Morgan fingerprint density at radius 3 is 2.58 bits per heavy atom. The highest BCUT2D eigenvalue weighted by Crippen LogP contribution is 2.24. The van der Waals surface area contributed by atoms with Crippen molar-refractivity contribution in [3.05, 3.63) is 59.1 Å². The van der Waals surface area contributed by atoms with Gasteiger partial charge in [0, 0.05) is 18.4 Å². The highest BCUT2D eigenvalue weighted by Gasteiger charge is 2.10. The van der Waals surface area contributed by atoms with Gasteiger partial charge in [-0.3, -0.25) is 0 Å². The van der Waals surface area contributed by atoms with Crippen molar-refractivity contribution >= 4 is 47.2 Å². The monoisotopic (exact) mass is 489 g/mol. The van der Waals surface area contributed by atoms with Crippen molar-refractivity contribution in [3.63, 3.8) is 0 Å². The Kier molecular flexibility index (Phi) is 10.4. The number of rotatable bonds is 8. The smallest absolute Gasteiger partial charge is 0.193 e. The molecule has 3 N–H and O–H groups in total. The fourth-order valence-corrected chi connectivity index (χ4v) is 2.45. The van der Waals surface area contributed by atoms with Crippen LogP contribution in [0.5, 0.6) is 5.75 Å². The van der Waals surface area contributed by atoms with Gasteiger partial charge in [-0.2, -0.15) is 0 Å². The Labute approximate surface area is 177 Å². The van der Waals surface area contributed by atoms with Crippen LogP contribution in [0.2, 0.25) is 5.02 Å². The fourth-order valence-electron chi connectivity index (χ4n) is 2.27. The Morgan fingerprint density at radius 2 is 1.88 bits per heavy atom. The Morgan fingerprint density at radius 1 is 1.19 bits per heavy atom. The summed E-state index contributed by atoms with van der Waals surface area (Å²) >= 11 is 6.13. The quantitative estimate of drug-likeness (QED) is 0.321. The molecule has 5 nitrogen and oxygen atoms in total. The molecule has 2 rings (SSSR count). The number of nitrogens with two attached hydrogens (primary N) is 1. The summed E-state index contributed by atoms with van der Waals surface area (Å²) in [6, 6.07) is 15.2. The molecule has 26 heavy (non-hydrogen) atoms. The van der Waals surface area contributed by atoms with Gasteiger partial charge in [0.2, 0.25) is 0 Å². The summed E-state index contributed by atoms with van der Waals surface area (Å²) in [4.78, 5) is 4.39. The third kappa shape index (κ3) is 7.01. The van der Waals surface area contributed by atoms with Crippen molar-refractivity contribution in [3.8, 4) is 5.75 Å². The van der Waals surface area contributed by atoms with Crippen molar-refractivity contribution < 1.29 is 9.47 Å². The van der Waals surface area contributed by atoms with E-state index in [0.717, 1.165) is 17.7 Å². The van der Waals surface area contributed by atoms with Gasteiger partial charge in [0.1, 0.15) is 11.9 Å². The second kappa shape index (κ2) is 12.0. The van der Waals surface area contributed by atoms with E-state index < -0.39 is 0 Å². The largest absolute Gasteiger partial charge is 0.487 e. The molecule has 2 aromatic carbocycles. The molecule has 0 saturated carbocycles. The molecule has 0 spiro atoms. The molecular formula is C19H25ClIN3O2. The lowest BCUT2D eigenvalue weighted by atomic mass is 10.2. The number of aliphatic imine (C=N–C) groups is 1. The number of methoxy groups -OCH3 is 1. The number of hydrogen-bond acceptors (Lipinski definition) is 3. The maximum absolute atomic E-state index is 6.13. The number of halogens is 2. The molecule has 2 aromatic rings. The first-order chi connectivity index (χ1) is 12.1. The summed E-state index contributed by atoms with van der Waals surface area (Å²) in [7, 11) is 1.66. The normalized spacial score (nSPS) is 12.2. The molecule has 142 valence electrons. The molecule has 0 aliphatic heterocycles. The molecule has 0 fully saturated rings. The molecule has 0 radical (unpaired) electrons. The highest BCUT2D eigenvalue weighted by atomic mass is 127. The standard InChI is InChI=1S/C19H24ClN3O2.HI/c1-3-15(25-18-11-7-5-9-16(18)20)12-22-19(21)23-17-10-6-4-8-14(17)13-24-2;/h4-11,15H,3,12-13H2,1-2H3,(H3,21,22,23);1H. The SMILES string of the molecule is CCC(CN=C(N)Nc1ccccc1COC)Oc1ccccc1Cl.I. The Balaban J connectivity index is 0.00000338. The topological polar surface area (TPSA) is 68.9 Å². The highest BCUT2D eigenvalue weighted by molar-refractivity contribution is 14.0. The van der Waals surface area contributed by atoms with Gasteiger partial charge in [0.05, 0.1) is 18.2 Å². The van der Waals surface area contributed by atoms with E-state index >= 15 is 0 Å². The van der Waals surface area contributed by atoms with Gasteiger partial charge >= 0.3 is 0 Å². The molecule has 0 aliphatic carbocycles. The number of hydrogen-bond donors (Lipinski definition) is 2. The average Bonchev–Trinajstić information content (AvgIpc) is 2.62. The van der Waals surface area contributed by atoms with Crippen LogP contribution in [0, 0.1) is 0 Å². The van der Waals surface area contributed by atoms with Crippen LogP contribution in [-0.2, 0) is 11.3 Å². The summed E-state index contributed by atoms with van der Waals surface area (Å²) in [5, 5.41) is 3.70. The zero-order valence-electron chi connectivity index (χ0n) is 14.9. The van der Waals surface area contributed by atoms with Gasteiger partial charge in [0.25, 0.3) is 0 Å². The van der Waals surface area contributed by atoms with Crippen molar-refractivity contribution in [1.82, 2.24) is 0 Å². The van der Waals surface area contributed by atoms with Crippen molar-refractivity contribution in [1.29, 1.82) is 0 Å². The second-order valence-electron chi connectivity index (χ2n) is 5.52. The molecule has 7 heteroatoms. The van der Waals surface area contributed by atoms with E-state index in [1.807, 2.05) is 49.4 Å². The third-order valence-electron chi connectivity index (χ3n) is 3.63. The van der Waals surface area contributed by atoms with E-state index in [9.17, 15) is 0 Å². The van der Waals surface area contributed by atoms with Crippen LogP contribution in [-0.4, -0.2) is 25.7 Å². The molecule has 1 atom stereocenters. The number of anilines is 1. The average molecular weight is 490 g/mol. The van der Waals surface area contributed by atoms with E-state index in [1.165, 1.54) is 0 Å². The van der Waals surface area contributed by atoms with Gasteiger partial charge in [-0.1, -0.05) is 48.9 Å². The van der Waals surface area contributed by atoms with Crippen molar-refractivity contribution in [2.45, 2.75) is 26.1 Å². The maximum atomic E-state index is 6.13. The lowest BCUT2D eigenvalue weighted by molar-refractivity contribution is 0.185. The van der Waals surface area contributed by atoms with Crippen LogP contribution in [0.15, 0.2) is 53.5 Å². The molecule has 0 amide bonds. The number of nitrogens with one attached hydrogen (secondary N) is 1. The van der Waals surface area contributed by atoms with E-state index in [4.69, 9.17) is 26.8 Å². The van der Waals surface area contributed by atoms with Crippen LogP contribution in [0.25, 0.3) is 0 Å². The minimum absolute atomic E-state index is 0. The molecule has 0 heterocycles. The van der Waals surface area contributed by atoms with Gasteiger partial charge in [-0.25, -0.2) is 4.99 Å². The fraction of sp³-hybridized carbons (Fsp3) is 0.316. The molecule has 0 aliphatic rings.